The predicted molar refractivity (Wildman–Crippen MR) is 92.1 cm³/mol. The maximum Gasteiger partial charge on any atom is 0.244 e. The summed E-state index contributed by atoms with van der Waals surface area (Å²) in [5, 5.41) is 12.7. The lowest BCUT2D eigenvalue weighted by atomic mass is 10.1. The van der Waals surface area contributed by atoms with Crippen molar-refractivity contribution in [2.24, 2.45) is 0 Å². The highest BCUT2D eigenvalue weighted by Gasteiger charge is 2.27. The van der Waals surface area contributed by atoms with Crippen LogP contribution < -0.4 is 5.32 Å². The summed E-state index contributed by atoms with van der Waals surface area (Å²) in [6.07, 6.45) is 3.18. The van der Waals surface area contributed by atoms with Crippen LogP contribution in [0.25, 0.3) is 0 Å². The zero-order chi connectivity index (χ0) is 17.0. The second kappa shape index (κ2) is 7.29. The van der Waals surface area contributed by atoms with E-state index >= 15 is 0 Å². The molecule has 0 saturated carbocycles. The molecule has 1 fully saturated rings. The highest BCUT2D eigenvalue weighted by Crippen LogP contribution is 2.22. The van der Waals surface area contributed by atoms with Gasteiger partial charge in [-0.1, -0.05) is 30.3 Å². The second-order valence-electron chi connectivity index (χ2n) is 5.78. The minimum absolute atomic E-state index is 0.0838. The molecule has 7 heteroatoms. The minimum Gasteiger partial charge on any atom is -0.394 e. The Morgan fingerprint density at radius 1 is 1.12 bits per heavy atom. The number of pyridine rings is 1. The highest BCUT2D eigenvalue weighted by atomic mass is 32.2. The van der Waals surface area contributed by atoms with Gasteiger partial charge in [-0.3, -0.25) is 0 Å². The number of benzene rings is 1. The van der Waals surface area contributed by atoms with Gasteiger partial charge in [0.2, 0.25) is 10.0 Å². The van der Waals surface area contributed by atoms with Crippen molar-refractivity contribution in [2.75, 3.05) is 25.0 Å². The largest absolute Gasteiger partial charge is 0.394 e. The zero-order valence-electron chi connectivity index (χ0n) is 13.3. The summed E-state index contributed by atoms with van der Waals surface area (Å²) in [4.78, 5) is 4.41. The van der Waals surface area contributed by atoms with Gasteiger partial charge >= 0.3 is 0 Å². The molecule has 0 radical (unpaired) electrons. The molecule has 0 amide bonds. The first-order valence-electron chi connectivity index (χ1n) is 8.00. The standard InChI is InChI=1S/C17H21N3O3S/c21-13-16(14-6-2-1-3-7-14)19-17-9-8-15(12-18-17)24(22,23)20-10-4-5-11-20/h1-3,6-9,12,16,21H,4-5,10-11,13H2,(H,18,19)/t16-/m1/s1. The van der Waals surface area contributed by atoms with Crippen molar-refractivity contribution in [3.05, 3.63) is 54.2 Å². The molecular formula is C17H21N3O3S. The predicted octanol–water partition coefficient (Wildman–Crippen LogP) is 2.01. The first kappa shape index (κ1) is 16.9. The molecule has 128 valence electrons. The van der Waals surface area contributed by atoms with Crippen molar-refractivity contribution in [2.45, 2.75) is 23.8 Å². The maximum atomic E-state index is 12.5. The third kappa shape index (κ3) is 3.58. The van der Waals surface area contributed by atoms with Crippen molar-refractivity contribution in [1.82, 2.24) is 9.29 Å². The second-order valence-corrected chi connectivity index (χ2v) is 7.72. The Bertz CT molecular complexity index is 757. The minimum atomic E-state index is -3.45. The number of rotatable bonds is 6. The summed E-state index contributed by atoms with van der Waals surface area (Å²) < 4.78 is 26.4. The van der Waals surface area contributed by atoms with Crippen LogP contribution in [0.4, 0.5) is 5.82 Å². The highest BCUT2D eigenvalue weighted by molar-refractivity contribution is 7.89. The van der Waals surface area contributed by atoms with Crippen LogP contribution in [0.1, 0.15) is 24.4 Å². The third-order valence-corrected chi connectivity index (χ3v) is 6.03. The van der Waals surface area contributed by atoms with E-state index in [4.69, 9.17) is 0 Å². The first-order valence-corrected chi connectivity index (χ1v) is 9.44. The fourth-order valence-corrected chi connectivity index (χ4v) is 4.26. The number of hydrogen-bond acceptors (Lipinski definition) is 5. The summed E-state index contributed by atoms with van der Waals surface area (Å²) >= 11 is 0. The molecule has 1 aromatic heterocycles. The fraction of sp³-hybridized carbons (Fsp3) is 0.353. The summed E-state index contributed by atoms with van der Waals surface area (Å²) in [5.41, 5.74) is 0.940. The smallest absolute Gasteiger partial charge is 0.244 e. The van der Waals surface area contributed by atoms with Crippen LogP contribution in [0, 0.1) is 0 Å². The fourth-order valence-electron chi connectivity index (χ4n) is 2.79. The summed E-state index contributed by atoms with van der Waals surface area (Å²) in [7, 11) is -3.45. The lowest BCUT2D eigenvalue weighted by Gasteiger charge is -2.18. The molecule has 1 atom stereocenters. The number of aromatic nitrogens is 1. The lowest BCUT2D eigenvalue weighted by molar-refractivity contribution is 0.276. The van der Waals surface area contributed by atoms with Crippen LogP contribution >= 0.6 is 0 Å². The average molecular weight is 347 g/mol. The molecule has 2 heterocycles. The van der Waals surface area contributed by atoms with Gasteiger partial charge < -0.3 is 10.4 Å². The molecule has 3 rings (SSSR count). The Morgan fingerprint density at radius 3 is 2.42 bits per heavy atom. The molecular weight excluding hydrogens is 326 g/mol. The number of anilines is 1. The van der Waals surface area contributed by atoms with Crippen LogP contribution in [0.3, 0.4) is 0 Å². The summed E-state index contributed by atoms with van der Waals surface area (Å²) in [5.74, 6) is 0.526. The Kier molecular flexibility index (Phi) is 5.13. The van der Waals surface area contributed by atoms with E-state index in [1.807, 2.05) is 30.3 Å². The molecule has 0 unspecified atom stereocenters. The van der Waals surface area contributed by atoms with Crippen LogP contribution in [0.15, 0.2) is 53.6 Å². The van der Waals surface area contributed by atoms with Crippen molar-refractivity contribution in [3.63, 3.8) is 0 Å². The topological polar surface area (TPSA) is 82.5 Å². The quantitative estimate of drug-likeness (QED) is 0.835. The van der Waals surface area contributed by atoms with Crippen LogP contribution in [-0.2, 0) is 10.0 Å². The molecule has 0 aliphatic carbocycles. The SMILES string of the molecule is O=S(=O)(c1ccc(N[C@H](CO)c2ccccc2)nc1)N1CCCC1. The molecule has 2 aromatic rings. The van der Waals surface area contributed by atoms with Gasteiger partial charge in [-0.05, 0) is 30.5 Å². The van der Waals surface area contributed by atoms with Crippen LogP contribution in [0.2, 0.25) is 0 Å². The Hall–Kier alpha value is -1.96. The van der Waals surface area contributed by atoms with E-state index in [-0.39, 0.29) is 17.5 Å². The average Bonchev–Trinajstić information content (AvgIpc) is 3.16. The number of nitrogens with one attached hydrogen (secondary N) is 1. The van der Waals surface area contributed by atoms with E-state index < -0.39 is 10.0 Å². The zero-order valence-corrected chi connectivity index (χ0v) is 14.1. The molecule has 24 heavy (non-hydrogen) atoms. The van der Waals surface area contributed by atoms with Crippen LogP contribution in [-0.4, -0.2) is 42.5 Å². The van der Waals surface area contributed by atoms with Gasteiger partial charge in [0, 0.05) is 19.3 Å². The number of aliphatic hydroxyl groups excluding tert-OH is 1. The molecule has 2 N–H and O–H groups in total. The number of sulfonamides is 1. The monoisotopic (exact) mass is 347 g/mol. The van der Waals surface area contributed by atoms with E-state index in [1.54, 1.807) is 12.1 Å². The molecule has 1 aliphatic heterocycles. The van der Waals surface area contributed by atoms with E-state index in [1.165, 1.54) is 10.5 Å². The van der Waals surface area contributed by atoms with Crippen molar-refractivity contribution < 1.29 is 13.5 Å². The maximum absolute atomic E-state index is 12.5. The van der Waals surface area contributed by atoms with Gasteiger partial charge in [0.1, 0.15) is 10.7 Å². The Labute approximate surface area is 142 Å². The van der Waals surface area contributed by atoms with E-state index in [2.05, 4.69) is 10.3 Å². The molecule has 6 nitrogen and oxygen atoms in total. The van der Waals surface area contributed by atoms with Gasteiger partial charge in [-0.15, -0.1) is 0 Å². The number of aliphatic hydroxyl groups is 1. The van der Waals surface area contributed by atoms with Gasteiger partial charge in [0.05, 0.1) is 12.6 Å². The van der Waals surface area contributed by atoms with Crippen LogP contribution in [0.5, 0.6) is 0 Å². The van der Waals surface area contributed by atoms with Crippen molar-refractivity contribution >= 4 is 15.8 Å². The normalized spacial score (nSPS) is 16.9. The molecule has 1 saturated heterocycles. The molecule has 0 bridgehead atoms. The first-order chi connectivity index (χ1) is 11.6. The number of nitrogens with zero attached hydrogens (tertiary/aromatic N) is 2. The van der Waals surface area contributed by atoms with Crippen molar-refractivity contribution in [3.8, 4) is 0 Å². The Morgan fingerprint density at radius 2 is 1.83 bits per heavy atom. The molecule has 1 aliphatic rings. The van der Waals surface area contributed by atoms with E-state index in [0.29, 0.717) is 18.9 Å². The third-order valence-electron chi connectivity index (χ3n) is 4.15. The van der Waals surface area contributed by atoms with E-state index in [0.717, 1.165) is 18.4 Å². The van der Waals surface area contributed by atoms with Gasteiger partial charge in [0.15, 0.2) is 0 Å². The summed E-state index contributed by atoms with van der Waals surface area (Å²) in [6.45, 7) is 1.06. The van der Waals surface area contributed by atoms with Gasteiger partial charge in [-0.25, -0.2) is 13.4 Å². The summed E-state index contributed by atoms with van der Waals surface area (Å²) in [6, 6.07) is 12.4. The van der Waals surface area contributed by atoms with Gasteiger partial charge in [0.25, 0.3) is 0 Å². The molecule has 1 aromatic carbocycles. The van der Waals surface area contributed by atoms with E-state index in [9.17, 15) is 13.5 Å². The number of hydrogen-bond donors (Lipinski definition) is 2. The van der Waals surface area contributed by atoms with Crippen molar-refractivity contribution in [1.29, 1.82) is 0 Å². The molecule has 0 spiro atoms. The van der Waals surface area contributed by atoms with Gasteiger partial charge in [-0.2, -0.15) is 4.31 Å². The lowest BCUT2D eigenvalue weighted by Crippen LogP contribution is -2.28. The Balaban J connectivity index is 1.74.